The van der Waals surface area contributed by atoms with Crippen molar-refractivity contribution in [2.75, 3.05) is 36.9 Å². The minimum Gasteiger partial charge on any atom is -0.384 e. The second-order valence-electron chi connectivity index (χ2n) is 10.9. The molecule has 252 valence electrons. The van der Waals surface area contributed by atoms with Gasteiger partial charge in [-0.2, -0.15) is 0 Å². The summed E-state index contributed by atoms with van der Waals surface area (Å²) in [6.45, 7) is 1.68. The Hall–Kier alpha value is -4.55. The predicted octanol–water partition coefficient (Wildman–Crippen LogP) is 4.00. The fourth-order valence-electron chi connectivity index (χ4n) is 5.25. The number of carbonyl (C=O) groups is 5. The maximum absolute atomic E-state index is 14.6. The van der Waals surface area contributed by atoms with Crippen LogP contribution in [0.25, 0.3) is 0 Å². The molecule has 1 atom stereocenters. The molecular formula is C32H30F3IN6O6. The van der Waals surface area contributed by atoms with Gasteiger partial charge in [-0.1, -0.05) is 6.07 Å². The zero-order valence-corrected chi connectivity index (χ0v) is 27.4. The number of carbonyl (C=O) groups excluding carboxylic acids is 5. The lowest BCUT2D eigenvalue weighted by Crippen LogP contribution is -2.54. The van der Waals surface area contributed by atoms with Crippen LogP contribution in [0, 0.1) is 21.0 Å². The van der Waals surface area contributed by atoms with E-state index in [9.17, 15) is 37.1 Å². The predicted molar refractivity (Wildman–Crippen MR) is 176 cm³/mol. The topological polar surface area (TPSA) is 158 Å². The van der Waals surface area contributed by atoms with Gasteiger partial charge in [-0.15, -0.1) is 0 Å². The second kappa shape index (κ2) is 15.6. The van der Waals surface area contributed by atoms with Crippen LogP contribution in [-0.4, -0.2) is 66.7 Å². The summed E-state index contributed by atoms with van der Waals surface area (Å²) in [7, 11) is 0. The summed E-state index contributed by atoms with van der Waals surface area (Å²) in [5.41, 5.74) is 2.08. The lowest BCUT2D eigenvalue weighted by atomic mass is 10.0. The van der Waals surface area contributed by atoms with Crippen LogP contribution in [0.15, 0.2) is 48.5 Å². The number of imide groups is 2. The molecule has 16 heteroatoms. The molecule has 0 spiro atoms. The van der Waals surface area contributed by atoms with E-state index in [4.69, 9.17) is 4.84 Å². The molecule has 2 aliphatic heterocycles. The minimum atomic E-state index is -1.34. The third-order valence-corrected chi connectivity index (χ3v) is 8.28. The molecule has 2 heterocycles. The van der Waals surface area contributed by atoms with E-state index < -0.39 is 58.7 Å². The van der Waals surface area contributed by atoms with Crippen molar-refractivity contribution in [1.29, 1.82) is 0 Å². The molecule has 0 saturated carbocycles. The molecule has 0 bridgehead atoms. The van der Waals surface area contributed by atoms with E-state index in [1.54, 1.807) is 18.2 Å². The number of hydrogen-bond donors (Lipinski definition) is 5. The van der Waals surface area contributed by atoms with Gasteiger partial charge < -0.3 is 16.0 Å². The molecule has 5 amide bonds. The van der Waals surface area contributed by atoms with Crippen LogP contribution in [0.3, 0.4) is 0 Å². The number of anilines is 3. The first kappa shape index (κ1) is 34.8. The van der Waals surface area contributed by atoms with Crippen LogP contribution in [-0.2, 0) is 14.4 Å². The standard InChI is InChI=1S/C32H30F3IN6O6/c33-20-8-7-19(28(27(20)35)39-22-9-6-17(36)16-21(22)34)29(44)41-48-15-3-13-37-12-2-14-38-23-5-1-4-18-26(23)32(47)42(31(18)46)24-10-11-25(43)40-30(24)45/h1,4-9,16,24,37-39H,2-3,10-15H2,(H,41,44)(H,40,43,45). The lowest BCUT2D eigenvalue weighted by Gasteiger charge is -2.27. The number of piperidine rings is 1. The van der Waals surface area contributed by atoms with Gasteiger partial charge in [0, 0.05) is 22.2 Å². The number of benzene rings is 3. The van der Waals surface area contributed by atoms with Gasteiger partial charge in [-0.25, -0.2) is 18.7 Å². The van der Waals surface area contributed by atoms with Crippen LogP contribution < -0.4 is 26.7 Å². The average Bonchev–Trinajstić information content (AvgIpc) is 3.31. The minimum absolute atomic E-state index is 0.0382. The summed E-state index contributed by atoms with van der Waals surface area (Å²) in [5.74, 6) is -6.39. The molecule has 0 aliphatic carbocycles. The first-order valence-electron chi connectivity index (χ1n) is 15.0. The molecule has 48 heavy (non-hydrogen) atoms. The largest absolute Gasteiger partial charge is 0.384 e. The van der Waals surface area contributed by atoms with Gasteiger partial charge in [0.2, 0.25) is 11.8 Å². The van der Waals surface area contributed by atoms with Crippen molar-refractivity contribution >= 4 is 69.2 Å². The maximum atomic E-state index is 14.6. The zero-order valence-electron chi connectivity index (χ0n) is 25.3. The van der Waals surface area contributed by atoms with Crippen molar-refractivity contribution in [2.24, 2.45) is 0 Å². The highest BCUT2D eigenvalue weighted by Crippen LogP contribution is 2.32. The van der Waals surface area contributed by atoms with Gasteiger partial charge in [0.1, 0.15) is 11.9 Å². The van der Waals surface area contributed by atoms with Crippen molar-refractivity contribution in [3.8, 4) is 0 Å². The Morgan fingerprint density at radius 1 is 0.938 bits per heavy atom. The van der Waals surface area contributed by atoms with Crippen molar-refractivity contribution in [2.45, 2.75) is 31.7 Å². The molecule has 0 aromatic heterocycles. The van der Waals surface area contributed by atoms with Crippen molar-refractivity contribution in [3.05, 3.63) is 86.2 Å². The number of rotatable bonds is 14. The first-order chi connectivity index (χ1) is 23.1. The molecule has 1 saturated heterocycles. The molecule has 5 N–H and O–H groups in total. The molecule has 5 rings (SSSR count). The molecule has 1 unspecified atom stereocenters. The van der Waals surface area contributed by atoms with Crippen molar-refractivity contribution in [1.82, 2.24) is 21.0 Å². The summed E-state index contributed by atoms with van der Waals surface area (Å²) < 4.78 is 43.4. The Labute approximate surface area is 286 Å². The summed E-state index contributed by atoms with van der Waals surface area (Å²) in [6, 6.07) is 9.77. The Balaban J connectivity index is 1.02. The van der Waals surface area contributed by atoms with Crippen molar-refractivity contribution < 1.29 is 42.0 Å². The van der Waals surface area contributed by atoms with E-state index in [1.165, 1.54) is 18.2 Å². The molecule has 3 aromatic carbocycles. The number of amides is 5. The highest BCUT2D eigenvalue weighted by molar-refractivity contribution is 14.1. The van der Waals surface area contributed by atoms with E-state index in [2.05, 4.69) is 26.7 Å². The third kappa shape index (κ3) is 7.77. The SMILES string of the molecule is O=C1CCC(N2C(=O)c3cccc(NCCCNCCCONC(=O)c4ccc(F)c(F)c4Nc4ccc(I)cc4F)c3C2=O)C(=O)N1. The van der Waals surface area contributed by atoms with E-state index in [-0.39, 0.29) is 41.8 Å². The quantitative estimate of drug-likeness (QED) is 0.0707. The Bertz CT molecular complexity index is 1780. The molecule has 0 radical (unpaired) electrons. The highest BCUT2D eigenvalue weighted by Gasteiger charge is 2.45. The second-order valence-corrected chi connectivity index (χ2v) is 12.1. The van der Waals surface area contributed by atoms with E-state index in [1.807, 2.05) is 22.6 Å². The van der Waals surface area contributed by atoms with E-state index >= 15 is 0 Å². The van der Waals surface area contributed by atoms with Gasteiger partial charge >= 0.3 is 0 Å². The molecule has 12 nitrogen and oxygen atoms in total. The van der Waals surface area contributed by atoms with Crippen LogP contribution >= 0.6 is 22.6 Å². The maximum Gasteiger partial charge on any atom is 0.277 e. The number of hydrogen-bond acceptors (Lipinski definition) is 9. The first-order valence-corrected chi connectivity index (χ1v) is 16.1. The van der Waals surface area contributed by atoms with Gasteiger partial charge in [0.15, 0.2) is 11.6 Å². The number of fused-ring (bicyclic) bond motifs is 1. The van der Waals surface area contributed by atoms with Crippen LogP contribution in [0.5, 0.6) is 0 Å². The van der Waals surface area contributed by atoms with Gasteiger partial charge in [-0.3, -0.25) is 39.0 Å². The zero-order chi connectivity index (χ0) is 34.4. The summed E-state index contributed by atoms with van der Waals surface area (Å²) in [4.78, 5) is 68.7. The van der Waals surface area contributed by atoms with Crippen LogP contribution in [0.2, 0.25) is 0 Å². The third-order valence-electron chi connectivity index (χ3n) is 7.61. The van der Waals surface area contributed by atoms with E-state index in [0.717, 1.165) is 17.0 Å². The summed E-state index contributed by atoms with van der Waals surface area (Å²) in [5, 5.41) is 11.0. The van der Waals surface area contributed by atoms with Gasteiger partial charge in [0.25, 0.3) is 17.7 Å². The van der Waals surface area contributed by atoms with Crippen LogP contribution in [0.1, 0.15) is 56.8 Å². The summed E-state index contributed by atoms with van der Waals surface area (Å²) in [6.07, 6.45) is 1.25. The van der Waals surface area contributed by atoms with Crippen molar-refractivity contribution in [3.63, 3.8) is 0 Å². The number of nitrogens with zero attached hydrogens (tertiary/aromatic N) is 1. The fourth-order valence-corrected chi connectivity index (χ4v) is 5.71. The molecule has 2 aliphatic rings. The number of nitrogens with one attached hydrogen (secondary N) is 5. The van der Waals surface area contributed by atoms with Crippen LogP contribution in [0.4, 0.5) is 30.2 Å². The normalized spacial score (nSPS) is 15.8. The molecule has 1 fully saturated rings. The number of halogens is 4. The monoisotopic (exact) mass is 778 g/mol. The van der Waals surface area contributed by atoms with E-state index in [0.29, 0.717) is 41.7 Å². The smallest absolute Gasteiger partial charge is 0.277 e. The highest BCUT2D eigenvalue weighted by atomic mass is 127. The van der Waals surface area contributed by atoms with Gasteiger partial charge in [-0.05, 0) is 97.4 Å². The Kier molecular flexibility index (Phi) is 11.3. The molecular weight excluding hydrogens is 748 g/mol. The van der Waals surface area contributed by atoms with Gasteiger partial charge in [0.05, 0.1) is 34.7 Å². The summed E-state index contributed by atoms with van der Waals surface area (Å²) >= 11 is 1.90. The molecule has 3 aromatic rings. The number of hydroxylamine groups is 1. The lowest BCUT2D eigenvalue weighted by molar-refractivity contribution is -0.136. The Morgan fingerprint density at radius 2 is 1.73 bits per heavy atom. The Morgan fingerprint density at radius 3 is 2.50 bits per heavy atom. The average molecular weight is 779 g/mol. The fraction of sp³-hybridized carbons (Fsp3) is 0.281.